The van der Waals surface area contributed by atoms with E-state index < -0.39 is 23.3 Å². The maximum Gasteiger partial charge on any atom is 0.112 e. The van der Waals surface area contributed by atoms with Crippen molar-refractivity contribution in [3.63, 3.8) is 0 Å². The van der Waals surface area contributed by atoms with Gasteiger partial charge in [0.25, 0.3) is 0 Å². The largest absolute Gasteiger partial charge is 0.112 e. The van der Waals surface area contributed by atoms with Crippen molar-refractivity contribution in [1.29, 1.82) is 0 Å². The topological polar surface area (TPSA) is 0 Å². The molecule has 0 heterocycles. The third-order valence-electron chi connectivity index (χ3n) is 6.70. The summed E-state index contributed by atoms with van der Waals surface area (Å²) in [6.45, 7) is 17.3. The van der Waals surface area contributed by atoms with Gasteiger partial charge >= 0.3 is 0 Å². The molecule has 0 bridgehead atoms. The monoisotopic (exact) mass is 418 g/mol. The summed E-state index contributed by atoms with van der Waals surface area (Å²) in [7, 11) is -4.93. The van der Waals surface area contributed by atoms with Crippen LogP contribution in [0.5, 0.6) is 0 Å². The van der Waals surface area contributed by atoms with Crippen molar-refractivity contribution < 1.29 is 0 Å². The fraction of sp³-hybridized carbons (Fsp3) is 0.280. The highest BCUT2D eigenvalue weighted by Crippen LogP contribution is 2.20. The first kappa shape index (κ1) is 21.0. The molecule has 146 valence electrons. The highest BCUT2D eigenvalue weighted by Gasteiger charge is 2.48. The average Bonchev–Trinajstić information content (AvgIpc) is 2.68. The first-order chi connectivity index (χ1) is 13.1. The van der Waals surface area contributed by atoms with E-state index in [0.717, 1.165) is 0 Å². The molecule has 3 heteroatoms. The van der Waals surface area contributed by atoms with Gasteiger partial charge in [-0.1, -0.05) is 144 Å². The molecule has 0 nitrogen and oxygen atoms in total. The molecule has 0 spiro atoms. The highest BCUT2D eigenvalue weighted by atomic mass is 29.3. The molecule has 0 N–H and O–H groups in total. The molecule has 1 atom stereocenters. The van der Waals surface area contributed by atoms with E-state index in [-0.39, 0.29) is 0 Å². The Labute approximate surface area is 174 Å². The number of benzene rings is 3. The minimum Gasteiger partial charge on any atom is -0.0668 e. The van der Waals surface area contributed by atoms with Crippen LogP contribution in [0.4, 0.5) is 0 Å². The molecular formula is C25H34Si3. The van der Waals surface area contributed by atoms with Crippen LogP contribution in [0.2, 0.25) is 39.3 Å². The summed E-state index contributed by atoms with van der Waals surface area (Å²) in [5, 5.41) is 6.27. The minimum absolute atomic E-state index is 1.27. The van der Waals surface area contributed by atoms with Crippen LogP contribution in [0, 0.1) is 6.92 Å². The second kappa shape index (κ2) is 7.62. The third-order valence-corrected chi connectivity index (χ3v) is 26.1. The second-order valence-corrected chi connectivity index (χ2v) is 28.9. The molecule has 28 heavy (non-hydrogen) atoms. The predicted octanol–water partition coefficient (Wildman–Crippen LogP) is 4.43. The highest BCUT2D eigenvalue weighted by molar-refractivity contribution is 7.54. The van der Waals surface area contributed by atoms with Crippen LogP contribution in [-0.4, -0.2) is 23.3 Å². The van der Waals surface area contributed by atoms with Gasteiger partial charge in [0.05, 0.1) is 15.7 Å². The lowest BCUT2D eigenvalue weighted by Crippen LogP contribution is -2.76. The van der Waals surface area contributed by atoms with Gasteiger partial charge in [-0.2, -0.15) is 0 Å². The molecule has 3 aromatic rings. The van der Waals surface area contributed by atoms with Gasteiger partial charge in [-0.05, 0) is 6.92 Å². The summed E-state index contributed by atoms with van der Waals surface area (Å²) < 4.78 is 0. The lowest BCUT2D eigenvalue weighted by Gasteiger charge is -2.43. The summed E-state index contributed by atoms with van der Waals surface area (Å²) in [5.74, 6) is 0. The third kappa shape index (κ3) is 3.76. The van der Waals surface area contributed by atoms with Crippen molar-refractivity contribution in [2.75, 3.05) is 0 Å². The fourth-order valence-electron chi connectivity index (χ4n) is 4.22. The summed E-state index contributed by atoms with van der Waals surface area (Å²) in [6, 6.07) is 30.5. The maximum absolute atomic E-state index is 2.60. The van der Waals surface area contributed by atoms with Crippen molar-refractivity contribution >= 4 is 44.0 Å². The van der Waals surface area contributed by atoms with Gasteiger partial charge in [0, 0.05) is 0 Å². The summed E-state index contributed by atoms with van der Waals surface area (Å²) in [6.07, 6.45) is 0. The van der Waals surface area contributed by atoms with E-state index in [1.54, 1.807) is 20.7 Å². The Morgan fingerprint density at radius 2 is 0.893 bits per heavy atom. The van der Waals surface area contributed by atoms with E-state index in [2.05, 4.69) is 125 Å². The molecule has 3 aromatic carbocycles. The van der Waals surface area contributed by atoms with Crippen LogP contribution in [0.15, 0.2) is 78.9 Å². The molecule has 0 aliphatic heterocycles. The summed E-state index contributed by atoms with van der Waals surface area (Å²) in [5.41, 5.74) is 1.34. The van der Waals surface area contributed by atoms with E-state index in [1.807, 2.05) is 0 Å². The quantitative estimate of drug-likeness (QED) is 0.538. The zero-order valence-corrected chi connectivity index (χ0v) is 21.5. The van der Waals surface area contributed by atoms with Crippen molar-refractivity contribution in [2.45, 2.75) is 46.2 Å². The molecule has 1 unspecified atom stereocenters. The average molecular weight is 419 g/mol. The van der Waals surface area contributed by atoms with Gasteiger partial charge in [0.15, 0.2) is 0 Å². The Bertz CT molecular complexity index is 920. The minimum atomic E-state index is -1.91. The molecule has 0 aliphatic carbocycles. The number of aryl methyl sites for hydroxylation is 1. The van der Waals surface area contributed by atoms with E-state index in [9.17, 15) is 0 Å². The lowest BCUT2D eigenvalue weighted by atomic mass is 10.2. The van der Waals surface area contributed by atoms with E-state index in [0.29, 0.717) is 0 Å². The van der Waals surface area contributed by atoms with Gasteiger partial charge in [0.1, 0.15) is 7.59 Å². The number of hydrogen-bond donors (Lipinski definition) is 0. The maximum atomic E-state index is 2.60. The Morgan fingerprint density at radius 1 is 0.464 bits per heavy atom. The Morgan fingerprint density at radius 3 is 1.39 bits per heavy atom. The number of rotatable bonds is 5. The molecule has 3 rings (SSSR count). The molecule has 0 radical (unpaired) electrons. The molecule has 0 saturated heterocycles. The molecular weight excluding hydrogens is 385 g/mol. The van der Waals surface area contributed by atoms with Crippen LogP contribution >= 0.6 is 0 Å². The standard InChI is InChI=1S/C25H34Si3/c1-21-13-15-25(16-14-21)28(7,24-11-9-8-10-12-24)27(5,6)23-19-17-22(18-20-23)26(2,3)4/h8-20H,1-7H3. The smallest absolute Gasteiger partial charge is 0.0668 e. The van der Waals surface area contributed by atoms with Crippen molar-refractivity contribution in [1.82, 2.24) is 0 Å². The normalized spacial score (nSPS) is 14.5. The molecule has 0 saturated carbocycles. The van der Waals surface area contributed by atoms with Gasteiger partial charge < -0.3 is 0 Å². The molecule has 0 aromatic heterocycles. The SMILES string of the molecule is Cc1ccc([Si](C)(c2ccccc2)[Si](C)(C)c2ccc([Si](C)(C)C)cc2)cc1. The summed E-state index contributed by atoms with van der Waals surface area (Å²) in [4.78, 5) is 0. The number of hydrogen-bond acceptors (Lipinski definition) is 0. The van der Waals surface area contributed by atoms with E-state index in [4.69, 9.17) is 0 Å². The molecule has 0 amide bonds. The zero-order chi connectivity index (χ0) is 20.6. The van der Waals surface area contributed by atoms with Crippen LogP contribution in [0.1, 0.15) is 5.56 Å². The van der Waals surface area contributed by atoms with Crippen LogP contribution in [0.25, 0.3) is 0 Å². The van der Waals surface area contributed by atoms with Gasteiger partial charge in [0.2, 0.25) is 0 Å². The van der Waals surface area contributed by atoms with E-state index in [1.165, 1.54) is 5.56 Å². The van der Waals surface area contributed by atoms with Crippen molar-refractivity contribution in [3.8, 4) is 0 Å². The van der Waals surface area contributed by atoms with Gasteiger partial charge in [-0.25, -0.2) is 0 Å². The molecule has 0 aliphatic rings. The zero-order valence-electron chi connectivity index (χ0n) is 18.5. The van der Waals surface area contributed by atoms with Gasteiger partial charge in [-0.15, -0.1) is 0 Å². The van der Waals surface area contributed by atoms with Crippen LogP contribution in [-0.2, 0) is 0 Å². The first-order valence-electron chi connectivity index (χ1n) is 10.3. The van der Waals surface area contributed by atoms with Crippen LogP contribution in [0.3, 0.4) is 0 Å². The van der Waals surface area contributed by atoms with Crippen molar-refractivity contribution in [3.05, 3.63) is 84.4 Å². The predicted molar refractivity (Wildman–Crippen MR) is 135 cm³/mol. The van der Waals surface area contributed by atoms with E-state index >= 15 is 0 Å². The second-order valence-electron chi connectivity index (χ2n) is 9.81. The first-order valence-corrected chi connectivity index (χ1v) is 20.3. The van der Waals surface area contributed by atoms with Crippen molar-refractivity contribution in [2.24, 2.45) is 0 Å². The Balaban J connectivity index is 2.18. The fourth-order valence-corrected chi connectivity index (χ4v) is 18.0. The lowest BCUT2D eigenvalue weighted by molar-refractivity contribution is 1.48. The van der Waals surface area contributed by atoms with Gasteiger partial charge in [-0.3, -0.25) is 0 Å². The molecule has 0 fully saturated rings. The Kier molecular flexibility index (Phi) is 5.72. The summed E-state index contributed by atoms with van der Waals surface area (Å²) >= 11 is 0. The Hall–Kier alpha value is -1.69. The van der Waals surface area contributed by atoms with Crippen LogP contribution < -0.4 is 20.7 Å².